The molecule has 7 nitrogen and oxygen atoms in total. The monoisotopic (exact) mass is 343 g/mol. The van der Waals surface area contributed by atoms with Crippen molar-refractivity contribution in [2.45, 2.75) is 43.7 Å². The molecule has 1 unspecified atom stereocenters. The summed E-state index contributed by atoms with van der Waals surface area (Å²) in [5, 5.41) is 5.72. The second-order valence-electron chi connectivity index (χ2n) is 6.91. The highest BCUT2D eigenvalue weighted by molar-refractivity contribution is 6.09. The zero-order chi connectivity index (χ0) is 17.4. The Labute approximate surface area is 145 Å². The van der Waals surface area contributed by atoms with Gasteiger partial charge in [-0.05, 0) is 18.9 Å². The molecular formula is C18H21N3O4. The molecule has 2 heterocycles. The van der Waals surface area contributed by atoms with E-state index in [1.165, 1.54) is 0 Å². The number of urea groups is 1. The van der Waals surface area contributed by atoms with E-state index >= 15 is 0 Å². The Bertz CT molecular complexity index is 727. The van der Waals surface area contributed by atoms with Crippen LogP contribution in [-0.2, 0) is 9.59 Å². The van der Waals surface area contributed by atoms with Crippen LogP contribution in [0.3, 0.4) is 0 Å². The summed E-state index contributed by atoms with van der Waals surface area (Å²) in [5.74, 6) is 0.164. The van der Waals surface area contributed by atoms with E-state index in [-0.39, 0.29) is 24.4 Å². The minimum atomic E-state index is -0.775. The van der Waals surface area contributed by atoms with Gasteiger partial charge in [-0.15, -0.1) is 0 Å². The first-order valence-electron chi connectivity index (χ1n) is 8.74. The number of amides is 4. The second-order valence-corrected chi connectivity index (χ2v) is 6.91. The van der Waals surface area contributed by atoms with E-state index in [0.717, 1.165) is 29.1 Å². The molecule has 1 aromatic carbocycles. The van der Waals surface area contributed by atoms with E-state index in [0.29, 0.717) is 25.9 Å². The van der Waals surface area contributed by atoms with Gasteiger partial charge in [-0.1, -0.05) is 31.0 Å². The van der Waals surface area contributed by atoms with Crippen molar-refractivity contribution >= 4 is 17.8 Å². The molecule has 1 saturated carbocycles. The number of fused-ring (bicyclic) bond motifs is 1. The lowest BCUT2D eigenvalue weighted by Gasteiger charge is -2.27. The van der Waals surface area contributed by atoms with E-state index in [1.807, 2.05) is 24.3 Å². The molecule has 1 spiro atoms. The van der Waals surface area contributed by atoms with Crippen LogP contribution in [0.4, 0.5) is 4.79 Å². The fourth-order valence-electron chi connectivity index (χ4n) is 4.01. The molecule has 4 amide bonds. The number of hydrogen-bond donors (Lipinski definition) is 2. The molecule has 25 heavy (non-hydrogen) atoms. The Kier molecular flexibility index (Phi) is 3.86. The van der Waals surface area contributed by atoms with E-state index in [2.05, 4.69) is 10.6 Å². The minimum absolute atomic E-state index is 0.168. The molecule has 1 aromatic rings. The molecule has 2 N–H and O–H groups in total. The van der Waals surface area contributed by atoms with Crippen molar-refractivity contribution in [1.82, 2.24) is 15.5 Å². The fourth-order valence-corrected chi connectivity index (χ4v) is 4.01. The molecule has 0 aromatic heterocycles. The summed E-state index contributed by atoms with van der Waals surface area (Å²) in [6.45, 7) is 0.278. The summed E-state index contributed by atoms with van der Waals surface area (Å²) in [6.07, 6.45) is 3.81. The molecule has 1 aliphatic carbocycles. The quantitative estimate of drug-likeness (QED) is 0.814. The molecule has 1 saturated heterocycles. The average molecular weight is 343 g/mol. The Hall–Kier alpha value is -2.57. The summed E-state index contributed by atoms with van der Waals surface area (Å²) in [5.41, 5.74) is 0.148. The van der Waals surface area contributed by atoms with Gasteiger partial charge >= 0.3 is 6.03 Å². The van der Waals surface area contributed by atoms with Gasteiger partial charge in [0, 0.05) is 12.0 Å². The molecule has 4 rings (SSSR count). The maximum Gasteiger partial charge on any atom is 0.325 e. The highest BCUT2D eigenvalue weighted by atomic mass is 16.5. The van der Waals surface area contributed by atoms with Gasteiger partial charge in [-0.3, -0.25) is 14.5 Å². The van der Waals surface area contributed by atoms with Crippen molar-refractivity contribution in [3.8, 4) is 5.75 Å². The fraction of sp³-hybridized carbons (Fsp3) is 0.500. The predicted octanol–water partition coefficient (Wildman–Crippen LogP) is 1.49. The lowest BCUT2D eigenvalue weighted by molar-refractivity contribution is -0.135. The lowest BCUT2D eigenvalue weighted by Crippen LogP contribution is -2.45. The molecule has 2 fully saturated rings. The standard InChI is InChI=1S/C18H21N3O4/c22-15(19-13-7-10-25-14-6-2-1-5-12(13)14)11-21-16(23)18(20-17(21)24)8-3-4-9-18/h1-2,5-6,13H,3-4,7-11H2,(H,19,22)(H,20,24). The molecule has 7 heteroatoms. The van der Waals surface area contributed by atoms with Crippen molar-refractivity contribution in [3.63, 3.8) is 0 Å². The summed E-state index contributed by atoms with van der Waals surface area (Å²) in [6, 6.07) is 6.94. The Balaban J connectivity index is 1.43. The number of hydrogen-bond acceptors (Lipinski definition) is 4. The molecule has 1 atom stereocenters. The van der Waals surface area contributed by atoms with Gasteiger partial charge in [0.1, 0.15) is 17.8 Å². The Morgan fingerprint density at radius 2 is 2.04 bits per heavy atom. The molecule has 2 aliphatic heterocycles. The van der Waals surface area contributed by atoms with Crippen molar-refractivity contribution < 1.29 is 19.1 Å². The van der Waals surface area contributed by atoms with Crippen molar-refractivity contribution in [3.05, 3.63) is 29.8 Å². The number of imide groups is 1. The van der Waals surface area contributed by atoms with Gasteiger partial charge in [0.05, 0.1) is 12.6 Å². The largest absolute Gasteiger partial charge is 0.493 e. The van der Waals surface area contributed by atoms with E-state index in [1.54, 1.807) is 0 Å². The van der Waals surface area contributed by atoms with Gasteiger partial charge in [-0.2, -0.15) is 0 Å². The topological polar surface area (TPSA) is 87.7 Å². The van der Waals surface area contributed by atoms with E-state index < -0.39 is 11.6 Å². The van der Waals surface area contributed by atoms with Crippen molar-refractivity contribution in [2.24, 2.45) is 0 Å². The second kappa shape index (κ2) is 6.06. The van der Waals surface area contributed by atoms with Crippen LogP contribution in [0.1, 0.15) is 43.7 Å². The smallest absolute Gasteiger partial charge is 0.325 e. The summed E-state index contributed by atoms with van der Waals surface area (Å²) in [4.78, 5) is 38.3. The number of carbonyl (C=O) groups excluding carboxylic acids is 3. The first kappa shape index (κ1) is 15.9. The molecule has 132 valence electrons. The Morgan fingerprint density at radius 1 is 1.28 bits per heavy atom. The maximum atomic E-state index is 12.6. The van der Waals surface area contributed by atoms with Crippen LogP contribution in [0, 0.1) is 0 Å². The first-order chi connectivity index (χ1) is 12.1. The third kappa shape index (κ3) is 2.73. The van der Waals surface area contributed by atoms with Crippen LogP contribution in [0.25, 0.3) is 0 Å². The number of rotatable bonds is 3. The summed E-state index contributed by atoms with van der Waals surface area (Å²) < 4.78 is 5.59. The first-order valence-corrected chi connectivity index (χ1v) is 8.74. The number of ether oxygens (including phenoxy) is 1. The number of nitrogens with zero attached hydrogens (tertiary/aromatic N) is 1. The van der Waals surface area contributed by atoms with Gasteiger partial charge in [0.25, 0.3) is 5.91 Å². The highest BCUT2D eigenvalue weighted by Gasteiger charge is 2.52. The number of para-hydroxylation sites is 1. The normalized spacial score (nSPS) is 24.0. The number of benzene rings is 1. The minimum Gasteiger partial charge on any atom is -0.493 e. The predicted molar refractivity (Wildman–Crippen MR) is 88.9 cm³/mol. The summed E-state index contributed by atoms with van der Waals surface area (Å²) >= 11 is 0. The third-order valence-corrected chi connectivity index (χ3v) is 5.30. The van der Waals surface area contributed by atoms with E-state index in [4.69, 9.17) is 4.74 Å². The lowest BCUT2D eigenvalue weighted by atomic mass is 9.98. The highest BCUT2D eigenvalue weighted by Crippen LogP contribution is 2.35. The average Bonchev–Trinajstić information content (AvgIpc) is 3.16. The maximum absolute atomic E-state index is 12.6. The van der Waals surface area contributed by atoms with Crippen LogP contribution in [-0.4, -0.2) is 41.4 Å². The Morgan fingerprint density at radius 3 is 2.84 bits per heavy atom. The van der Waals surface area contributed by atoms with Crippen LogP contribution >= 0.6 is 0 Å². The van der Waals surface area contributed by atoms with Crippen molar-refractivity contribution in [1.29, 1.82) is 0 Å². The van der Waals surface area contributed by atoms with Crippen molar-refractivity contribution in [2.75, 3.05) is 13.2 Å². The van der Waals surface area contributed by atoms with Gasteiger partial charge in [0.2, 0.25) is 5.91 Å². The SMILES string of the molecule is O=C(CN1C(=O)NC2(CCCC2)C1=O)NC1CCOc2ccccc21. The van der Waals surface area contributed by atoms with Crippen LogP contribution < -0.4 is 15.4 Å². The molecule has 0 bridgehead atoms. The van der Waals surface area contributed by atoms with Gasteiger partial charge in [0.15, 0.2) is 0 Å². The molecule has 3 aliphatic rings. The number of carbonyl (C=O) groups is 3. The van der Waals surface area contributed by atoms with Crippen LogP contribution in [0.5, 0.6) is 5.75 Å². The zero-order valence-electron chi connectivity index (χ0n) is 13.9. The van der Waals surface area contributed by atoms with E-state index in [9.17, 15) is 14.4 Å². The number of nitrogens with one attached hydrogen (secondary N) is 2. The molecular weight excluding hydrogens is 322 g/mol. The van der Waals surface area contributed by atoms with Crippen LogP contribution in [0.2, 0.25) is 0 Å². The molecule has 0 radical (unpaired) electrons. The van der Waals surface area contributed by atoms with Gasteiger partial charge in [-0.25, -0.2) is 4.79 Å². The zero-order valence-corrected chi connectivity index (χ0v) is 13.9. The van der Waals surface area contributed by atoms with Gasteiger partial charge < -0.3 is 15.4 Å². The summed E-state index contributed by atoms with van der Waals surface area (Å²) in [7, 11) is 0. The third-order valence-electron chi connectivity index (χ3n) is 5.30. The van der Waals surface area contributed by atoms with Crippen LogP contribution in [0.15, 0.2) is 24.3 Å².